The Labute approximate surface area is 184 Å². The summed E-state index contributed by atoms with van der Waals surface area (Å²) in [5.41, 5.74) is 0.563. The van der Waals surface area contributed by atoms with Gasteiger partial charge in [-0.05, 0) is 48.0 Å². The van der Waals surface area contributed by atoms with Crippen LogP contribution in [0, 0.1) is 10.1 Å². The van der Waals surface area contributed by atoms with E-state index in [1.807, 2.05) is 24.3 Å². The number of amides is 2. The van der Waals surface area contributed by atoms with Gasteiger partial charge in [-0.3, -0.25) is 19.7 Å². The fraction of sp³-hybridized carbons (Fsp3) is 0.0455. The maximum Gasteiger partial charge on any atom is 0.338 e. The number of anilines is 1. The summed E-state index contributed by atoms with van der Waals surface area (Å²) < 4.78 is 6.19. The summed E-state index contributed by atoms with van der Waals surface area (Å²) in [5.74, 6) is -2.00. The fourth-order valence-electron chi connectivity index (χ4n) is 3.21. The summed E-state index contributed by atoms with van der Waals surface area (Å²) in [5, 5.41) is 11.2. The highest BCUT2D eigenvalue weighted by Gasteiger charge is 2.41. The van der Waals surface area contributed by atoms with Crippen molar-refractivity contribution >= 4 is 45.1 Å². The lowest BCUT2D eigenvalue weighted by molar-refractivity contribution is -0.385. The van der Waals surface area contributed by atoms with Crippen LogP contribution in [0.25, 0.3) is 0 Å². The smallest absolute Gasteiger partial charge is 0.338 e. The van der Waals surface area contributed by atoms with E-state index in [0.29, 0.717) is 0 Å². The van der Waals surface area contributed by atoms with Crippen LogP contribution in [0.15, 0.2) is 71.2 Å². The number of ether oxygens (including phenoxy) is 1. The SMILES string of the molecule is O=C(OCc1ccc(Br)cc1)c1ccc(N2C(=O)c3cccc([N+](=O)[O-])c3C2=O)cc1. The first kappa shape index (κ1) is 20.4. The lowest BCUT2D eigenvalue weighted by atomic mass is 10.1. The first-order valence-corrected chi connectivity index (χ1v) is 9.84. The lowest BCUT2D eigenvalue weighted by Gasteiger charge is -2.14. The Kier molecular flexibility index (Phi) is 5.35. The summed E-state index contributed by atoms with van der Waals surface area (Å²) in [4.78, 5) is 49.1. The number of fused-ring (bicyclic) bond motifs is 1. The Balaban J connectivity index is 1.52. The quantitative estimate of drug-likeness (QED) is 0.230. The molecular weight excluding hydrogens is 468 g/mol. The Bertz CT molecular complexity index is 1220. The largest absolute Gasteiger partial charge is 0.457 e. The van der Waals surface area contributed by atoms with Crippen molar-refractivity contribution in [3.8, 4) is 0 Å². The zero-order valence-corrected chi connectivity index (χ0v) is 17.4. The summed E-state index contributed by atoms with van der Waals surface area (Å²) in [6.07, 6.45) is 0. The molecule has 3 aromatic carbocycles. The molecule has 0 aliphatic carbocycles. The zero-order chi connectivity index (χ0) is 22.1. The lowest BCUT2D eigenvalue weighted by Crippen LogP contribution is -2.29. The third-order valence-corrected chi connectivity index (χ3v) is 5.26. The molecule has 9 heteroatoms. The Morgan fingerprint density at radius 2 is 1.65 bits per heavy atom. The molecule has 0 saturated heterocycles. The fourth-order valence-corrected chi connectivity index (χ4v) is 3.48. The van der Waals surface area contributed by atoms with Gasteiger partial charge in [-0.15, -0.1) is 0 Å². The molecule has 0 radical (unpaired) electrons. The number of esters is 1. The van der Waals surface area contributed by atoms with Crippen molar-refractivity contribution in [3.05, 3.63) is 104 Å². The minimum Gasteiger partial charge on any atom is -0.457 e. The molecule has 3 aromatic rings. The standard InChI is InChI=1S/C22H13BrN2O6/c23-15-8-4-13(5-9-15)12-31-22(28)14-6-10-16(11-7-14)24-20(26)17-2-1-3-18(25(29)30)19(17)21(24)27/h1-11H,12H2. The Morgan fingerprint density at radius 3 is 2.29 bits per heavy atom. The number of nitro groups is 1. The van der Waals surface area contributed by atoms with Crippen molar-refractivity contribution < 1.29 is 24.0 Å². The van der Waals surface area contributed by atoms with Gasteiger partial charge in [-0.25, -0.2) is 9.69 Å². The third-order valence-electron chi connectivity index (χ3n) is 4.73. The Hall–Kier alpha value is -3.85. The van der Waals surface area contributed by atoms with Gasteiger partial charge >= 0.3 is 5.97 Å². The van der Waals surface area contributed by atoms with Crippen molar-refractivity contribution in [3.63, 3.8) is 0 Å². The average molecular weight is 481 g/mol. The molecular formula is C22H13BrN2O6. The van der Waals surface area contributed by atoms with Gasteiger partial charge in [0.1, 0.15) is 12.2 Å². The van der Waals surface area contributed by atoms with Crippen molar-refractivity contribution in [1.29, 1.82) is 0 Å². The van der Waals surface area contributed by atoms with Crippen molar-refractivity contribution in [2.45, 2.75) is 6.61 Å². The summed E-state index contributed by atoms with van der Waals surface area (Å²) in [7, 11) is 0. The van der Waals surface area contributed by atoms with E-state index in [4.69, 9.17) is 4.74 Å². The van der Waals surface area contributed by atoms with Crippen LogP contribution in [0.2, 0.25) is 0 Å². The van der Waals surface area contributed by atoms with E-state index in [-0.39, 0.29) is 29.0 Å². The minimum absolute atomic E-state index is 0.0304. The third kappa shape index (κ3) is 3.82. The van der Waals surface area contributed by atoms with Gasteiger partial charge in [0.2, 0.25) is 0 Å². The number of nitrogens with zero attached hydrogens (tertiary/aromatic N) is 2. The number of rotatable bonds is 5. The van der Waals surface area contributed by atoms with Gasteiger partial charge in [0.15, 0.2) is 0 Å². The summed E-state index contributed by atoms with van der Waals surface area (Å²) in [6.45, 7) is 0.0932. The van der Waals surface area contributed by atoms with Gasteiger partial charge < -0.3 is 4.74 Å². The van der Waals surface area contributed by atoms with Crippen molar-refractivity contribution in [1.82, 2.24) is 0 Å². The molecule has 0 aromatic heterocycles. The normalized spacial score (nSPS) is 12.6. The molecule has 154 valence electrons. The molecule has 0 saturated carbocycles. The van der Waals surface area contributed by atoms with E-state index >= 15 is 0 Å². The minimum atomic E-state index is -0.780. The monoisotopic (exact) mass is 480 g/mol. The van der Waals surface area contributed by atoms with Crippen LogP contribution in [0.4, 0.5) is 11.4 Å². The molecule has 0 atom stereocenters. The van der Waals surface area contributed by atoms with Gasteiger partial charge in [-0.1, -0.05) is 34.1 Å². The van der Waals surface area contributed by atoms with Crippen LogP contribution in [0.3, 0.4) is 0 Å². The first-order valence-electron chi connectivity index (χ1n) is 9.04. The molecule has 0 spiro atoms. The summed E-state index contributed by atoms with van der Waals surface area (Å²) in [6, 6.07) is 16.9. The van der Waals surface area contributed by atoms with Crippen LogP contribution in [-0.4, -0.2) is 22.7 Å². The predicted octanol–water partition coefficient (Wildman–Crippen LogP) is 4.51. The molecule has 0 bridgehead atoms. The maximum absolute atomic E-state index is 12.7. The first-order chi connectivity index (χ1) is 14.9. The topological polar surface area (TPSA) is 107 Å². The van der Waals surface area contributed by atoms with Crippen LogP contribution >= 0.6 is 15.9 Å². The second kappa shape index (κ2) is 8.11. The van der Waals surface area contributed by atoms with Gasteiger partial charge in [0.05, 0.1) is 21.7 Å². The van der Waals surface area contributed by atoms with E-state index < -0.39 is 28.4 Å². The van der Waals surface area contributed by atoms with Crippen LogP contribution in [0.1, 0.15) is 36.6 Å². The molecule has 1 aliphatic heterocycles. The van der Waals surface area contributed by atoms with Gasteiger partial charge in [-0.2, -0.15) is 0 Å². The number of carbonyl (C=O) groups is 3. The van der Waals surface area contributed by atoms with E-state index in [9.17, 15) is 24.5 Å². The number of imide groups is 1. The highest BCUT2D eigenvalue weighted by atomic mass is 79.9. The molecule has 31 heavy (non-hydrogen) atoms. The van der Waals surface area contributed by atoms with Crippen LogP contribution in [-0.2, 0) is 11.3 Å². The second-order valence-electron chi connectivity index (χ2n) is 6.65. The predicted molar refractivity (Wildman–Crippen MR) is 114 cm³/mol. The number of carbonyl (C=O) groups excluding carboxylic acids is 3. The highest BCUT2D eigenvalue weighted by molar-refractivity contribution is 9.10. The van der Waals surface area contributed by atoms with E-state index in [1.165, 1.54) is 42.5 Å². The number of nitro benzene ring substituents is 1. The molecule has 8 nitrogen and oxygen atoms in total. The average Bonchev–Trinajstić information content (AvgIpc) is 3.03. The molecule has 0 unspecified atom stereocenters. The second-order valence-corrected chi connectivity index (χ2v) is 7.57. The molecule has 1 aliphatic rings. The maximum atomic E-state index is 12.7. The Morgan fingerprint density at radius 1 is 0.968 bits per heavy atom. The van der Waals surface area contributed by atoms with Crippen molar-refractivity contribution in [2.24, 2.45) is 0 Å². The number of benzene rings is 3. The molecule has 0 N–H and O–H groups in total. The van der Waals surface area contributed by atoms with E-state index in [2.05, 4.69) is 15.9 Å². The van der Waals surface area contributed by atoms with Crippen molar-refractivity contribution in [2.75, 3.05) is 4.90 Å². The van der Waals surface area contributed by atoms with Gasteiger partial charge in [0, 0.05) is 10.5 Å². The molecule has 4 rings (SSSR count). The zero-order valence-electron chi connectivity index (χ0n) is 15.8. The van der Waals surface area contributed by atoms with Gasteiger partial charge in [0.25, 0.3) is 17.5 Å². The summed E-state index contributed by atoms with van der Waals surface area (Å²) >= 11 is 3.33. The molecule has 1 heterocycles. The van der Waals surface area contributed by atoms with Crippen LogP contribution < -0.4 is 4.90 Å². The highest BCUT2D eigenvalue weighted by Crippen LogP contribution is 2.33. The van der Waals surface area contributed by atoms with Crippen LogP contribution in [0.5, 0.6) is 0 Å². The number of hydrogen-bond donors (Lipinski definition) is 0. The molecule has 0 fully saturated rings. The van der Waals surface area contributed by atoms with E-state index in [1.54, 1.807) is 0 Å². The van der Waals surface area contributed by atoms with E-state index in [0.717, 1.165) is 14.9 Å². The molecule has 2 amide bonds. The number of hydrogen-bond acceptors (Lipinski definition) is 6. The number of halogens is 1.